The van der Waals surface area contributed by atoms with Crippen molar-refractivity contribution in [3.63, 3.8) is 0 Å². The van der Waals surface area contributed by atoms with Gasteiger partial charge in [-0.2, -0.15) is 22.7 Å². The number of thiophene rings is 2. The molecule has 2 heteroatoms. The third-order valence-electron chi connectivity index (χ3n) is 4.15. The molecule has 0 aliphatic rings. The summed E-state index contributed by atoms with van der Waals surface area (Å²) in [4.78, 5) is 0. The number of benzene rings is 2. The van der Waals surface area contributed by atoms with Crippen molar-refractivity contribution in [1.29, 1.82) is 0 Å². The van der Waals surface area contributed by atoms with Gasteiger partial charge in [-0.15, -0.1) is 12.8 Å². The van der Waals surface area contributed by atoms with Crippen LogP contribution < -0.4 is 0 Å². The van der Waals surface area contributed by atoms with E-state index in [1.807, 2.05) is 0 Å². The molecule has 24 heavy (non-hydrogen) atoms. The van der Waals surface area contributed by atoms with Crippen LogP contribution in [-0.2, 0) is 0 Å². The molecule has 2 aromatic heterocycles. The summed E-state index contributed by atoms with van der Waals surface area (Å²) in [6.07, 6.45) is 11.7. The van der Waals surface area contributed by atoms with Gasteiger partial charge >= 0.3 is 0 Å². The Morgan fingerprint density at radius 2 is 1.08 bits per heavy atom. The lowest BCUT2D eigenvalue weighted by Gasteiger charge is -2.12. The third kappa shape index (κ3) is 2.25. The molecule has 0 radical (unpaired) electrons. The third-order valence-corrected chi connectivity index (χ3v) is 5.52. The van der Waals surface area contributed by atoms with Crippen molar-refractivity contribution >= 4 is 33.4 Å². The maximum atomic E-state index is 5.85. The highest BCUT2D eigenvalue weighted by Gasteiger charge is 2.13. The van der Waals surface area contributed by atoms with E-state index in [0.717, 1.165) is 44.2 Å². The molecule has 0 nitrogen and oxygen atoms in total. The van der Waals surface area contributed by atoms with E-state index < -0.39 is 0 Å². The van der Waals surface area contributed by atoms with Gasteiger partial charge in [0.1, 0.15) is 0 Å². The largest absolute Gasteiger partial charge is 0.152 e. The minimum absolute atomic E-state index is 0.902. The molecule has 0 spiro atoms. The number of terminal acetylenes is 2. The van der Waals surface area contributed by atoms with Crippen LogP contribution in [0.3, 0.4) is 0 Å². The van der Waals surface area contributed by atoms with Crippen molar-refractivity contribution in [3.8, 4) is 46.9 Å². The van der Waals surface area contributed by atoms with E-state index in [-0.39, 0.29) is 0 Å². The molecular formula is C22H12S2. The minimum Gasteiger partial charge on any atom is -0.152 e. The van der Waals surface area contributed by atoms with Crippen LogP contribution in [0.25, 0.3) is 33.0 Å². The maximum Gasteiger partial charge on any atom is 0.0400 e. The molecule has 4 aromatic rings. The number of hydrogen-bond donors (Lipinski definition) is 0. The molecule has 112 valence electrons. The summed E-state index contributed by atoms with van der Waals surface area (Å²) >= 11 is 3.34. The molecule has 2 aromatic carbocycles. The van der Waals surface area contributed by atoms with E-state index in [4.69, 9.17) is 12.8 Å². The lowest BCUT2D eigenvalue weighted by atomic mass is 9.90. The first-order valence-electron chi connectivity index (χ1n) is 7.41. The van der Waals surface area contributed by atoms with Gasteiger partial charge in [0.2, 0.25) is 0 Å². The van der Waals surface area contributed by atoms with Crippen LogP contribution in [-0.4, -0.2) is 0 Å². The van der Waals surface area contributed by atoms with E-state index in [1.54, 1.807) is 22.7 Å². The fraction of sp³-hybridized carbons (Fsp3) is 0. The second kappa shape index (κ2) is 6.02. The summed E-state index contributed by atoms with van der Waals surface area (Å²) in [5.41, 5.74) is 6.27. The van der Waals surface area contributed by atoms with Crippen molar-refractivity contribution in [3.05, 3.63) is 69.0 Å². The Hall–Kier alpha value is -2.78. The zero-order valence-electron chi connectivity index (χ0n) is 12.7. The van der Waals surface area contributed by atoms with Crippen molar-refractivity contribution in [2.75, 3.05) is 0 Å². The number of fused-ring (bicyclic) bond motifs is 1. The van der Waals surface area contributed by atoms with Gasteiger partial charge < -0.3 is 0 Å². The first-order valence-corrected chi connectivity index (χ1v) is 9.30. The van der Waals surface area contributed by atoms with Crippen LogP contribution in [0.15, 0.2) is 57.9 Å². The Bertz CT molecular complexity index is 1010. The van der Waals surface area contributed by atoms with Crippen molar-refractivity contribution in [2.24, 2.45) is 0 Å². The monoisotopic (exact) mass is 340 g/mol. The molecular weight excluding hydrogens is 328 g/mol. The summed E-state index contributed by atoms with van der Waals surface area (Å²) in [6, 6.07) is 12.5. The summed E-state index contributed by atoms with van der Waals surface area (Å²) in [6.45, 7) is 0. The van der Waals surface area contributed by atoms with Crippen LogP contribution in [0.1, 0.15) is 11.1 Å². The summed E-state index contributed by atoms with van der Waals surface area (Å²) < 4.78 is 0. The van der Waals surface area contributed by atoms with Gasteiger partial charge in [0.25, 0.3) is 0 Å². The SMILES string of the molecule is C#Cc1c(-c2ccsc2)ccc2c(C#C)c(-c3ccsc3)ccc12. The second-order valence-corrected chi connectivity index (χ2v) is 6.94. The molecule has 0 saturated heterocycles. The summed E-state index contributed by atoms with van der Waals surface area (Å²) in [5, 5.41) is 10.4. The molecule has 2 heterocycles. The van der Waals surface area contributed by atoms with E-state index in [0.29, 0.717) is 0 Å². The predicted molar refractivity (Wildman–Crippen MR) is 106 cm³/mol. The van der Waals surface area contributed by atoms with Gasteiger partial charge in [0, 0.05) is 11.1 Å². The van der Waals surface area contributed by atoms with Gasteiger partial charge in [0.05, 0.1) is 0 Å². The van der Waals surface area contributed by atoms with E-state index in [2.05, 4.69) is 69.8 Å². The van der Waals surface area contributed by atoms with E-state index in [1.165, 1.54) is 0 Å². The molecule has 0 bridgehead atoms. The van der Waals surface area contributed by atoms with Gasteiger partial charge in [0.15, 0.2) is 0 Å². The van der Waals surface area contributed by atoms with Gasteiger partial charge in [-0.3, -0.25) is 0 Å². The Morgan fingerprint density at radius 1 is 0.625 bits per heavy atom. The Morgan fingerprint density at radius 3 is 1.42 bits per heavy atom. The highest BCUT2D eigenvalue weighted by Crippen LogP contribution is 2.36. The molecule has 0 fully saturated rings. The Balaban J connectivity index is 2.05. The smallest absolute Gasteiger partial charge is 0.0400 e. The fourth-order valence-corrected chi connectivity index (χ4v) is 4.35. The molecule has 0 N–H and O–H groups in total. The predicted octanol–water partition coefficient (Wildman–Crippen LogP) is 6.26. The van der Waals surface area contributed by atoms with E-state index >= 15 is 0 Å². The summed E-state index contributed by atoms with van der Waals surface area (Å²) in [7, 11) is 0. The van der Waals surface area contributed by atoms with Crippen molar-refractivity contribution in [1.82, 2.24) is 0 Å². The van der Waals surface area contributed by atoms with Crippen molar-refractivity contribution in [2.45, 2.75) is 0 Å². The molecule has 0 saturated carbocycles. The minimum atomic E-state index is 0.902. The molecule has 4 rings (SSSR count). The number of hydrogen-bond acceptors (Lipinski definition) is 2. The lowest BCUT2D eigenvalue weighted by Crippen LogP contribution is -1.91. The van der Waals surface area contributed by atoms with Crippen LogP contribution in [0.5, 0.6) is 0 Å². The lowest BCUT2D eigenvalue weighted by molar-refractivity contribution is 1.64. The van der Waals surface area contributed by atoms with Crippen LogP contribution >= 0.6 is 22.7 Å². The first-order chi connectivity index (χ1) is 11.8. The molecule has 0 aliphatic carbocycles. The Labute approximate surface area is 149 Å². The van der Waals surface area contributed by atoms with Gasteiger partial charge in [-0.1, -0.05) is 36.1 Å². The Kier molecular flexibility index (Phi) is 3.71. The normalized spacial score (nSPS) is 10.4. The first kappa shape index (κ1) is 14.8. The van der Waals surface area contributed by atoms with Crippen LogP contribution in [0.4, 0.5) is 0 Å². The van der Waals surface area contributed by atoms with E-state index in [9.17, 15) is 0 Å². The highest BCUT2D eigenvalue weighted by atomic mass is 32.1. The average molecular weight is 340 g/mol. The number of rotatable bonds is 2. The quantitative estimate of drug-likeness (QED) is 0.378. The average Bonchev–Trinajstić information content (AvgIpc) is 3.32. The standard InChI is InChI=1S/C22H12S2/c1-3-17-19(15-9-11-23-13-15)5-8-22-18(4-2)20(6-7-21(17)22)16-10-12-24-14-16/h1-2,5-14H. The topological polar surface area (TPSA) is 0 Å². The summed E-state index contributed by atoms with van der Waals surface area (Å²) in [5.74, 6) is 5.74. The molecule has 0 unspecified atom stereocenters. The van der Waals surface area contributed by atoms with Crippen LogP contribution in [0, 0.1) is 24.7 Å². The zero-order valence-corrected chi connectivity index (χ0v) is 14.4. The molecule has 0 amide bonds. The molecule has 0 atom stereocenters. The van der Waals surface area contributed by atoms with Gasteiger partial charge in [-0.25, -0.2) is 0 Å². The second-order valence-electron chi connectivity index (χ2n) is 5.38. The molecule has 0 aliphatic heterocycles. The highest BCUT2D eigenvalue weighted by molar-refractivity contribution is 7.08. The van der Waals surface area contributed by atoms with Crippen LogP contribution in [0.2, 0.25) is 0 Å². The maximum absolute atomic E-state index is 5.85. The van der Waals surface area contributed by atoms with Crippen molar-refractivity contribution < 1.29 is 0 Å². The zero-order chi connectivity index (χ0) is 16.5. The fourth-order valence-electron chi connectivity index (χ4n) is 3.03. The van der Waals surface area contributed by atoms with Gasteiger partial charge in [-0.05, 0) is 66.7 Å².